The van der Waals surface area contributed by atoms with E-state index in [1.165, 1.54) is 24.3 Å². The van der Waals surface area contributed by atoms with Gasteiger partial charge in [-0.05, 0) is 25.7 Å². The van der Waals surface area contributed by atoms with Crippen LogP contribution in [-0.4, -0.2) is 51.3 Å². The Morgan fingerprint density at radius 3 is 1.25 bits per heavy atom. The van der Waals surface area contributed by atoms with Gasteiger partial charge in [-0.1, -0.05) is 39.3 Å². The Kier molecular flexibility index (Phi) is 5.60. The molecule has 0 atom stereocenters. The second-order valence-corrected chi connectivity index (χ2v) is 17.7. The maximum absolute atomic E-state index is 4.89. The van der Waals surface area contributed by atoms with Gasteiger partial charge in [0.1, 0.15) is 0 Å². The normalized spacial score (nSPS) is 21.4. The minimum absolute atomic E-state index is 1.08. The van der Waals surface area contributed by atoms with Crippen LogP contribution in [0.4, 0.5) is 0 Å². The maximum Gasteiger partial charge on any atom is 0.168 e. The van der Waals surface area contributed by atoms with Gasteiger partial charge in [-0.25, -0.2) is 0 Å². The zero-order chi connectivity index (χ0) is 15.6. The van der Waals surface area contributed by atoms with Gasteiger partial charge in [0.05, 0.1) is 11.4 Å². The van der Waals surface area contributed by atoms with E-state index in [9.17, 15) is 0 Å². The first-order chi connectivity index (χ1) is 9.01. The number of hydrogen-bond donors (Lipinski definition) is 0. The maximum atomic E-state index is 4.89. The molecule has 1 aliphatic carbocycles. The molecule has 0 N–H and O–H groups in total. The highest BCUT2D eigenvalue weighted by atomic mass is 28.3. The van der Waals surface area contributed by atoms with Crippen LogP contribution in [0.25, 0.3) is 0 Å². The van der Waals surface area contributed by atoms with Crippen LogP contribution in [0.5, 0.6) is 0 Å². The molecule has 20 heavy (non-hydrogen) atoms. The zero-order valence-electron chi connectivity index (χ0n) is 14.6. The zero-order valence-corrected chi connectivity index (χ0v) is 16.6. The van der Waals surface area contributed by atoms with E-state index in [1.54, 1.807) is 0 Å². The number of hydrazone groups is 2. The first-order valence-electron chi connectivity index (χ1n) is 7.65. The molecule has 0 radical (unpaired) electrons. The molecule has 116 valence electrons. The fourth-order valence-electron chi connectivity index (χ4n) is 1.75. The van der Waals surface area contributed by atoms with Crippen molar-refractivity contribution < 1.29 is 0 Å². The van der Waals surface area contributed by atoms with Gasteiger partial charge in [-0.2, -0.15) is 10.2 Å². The van der Waals surface area contributed by atoms with E-state index >= 15 is 0 Å². The highest BCUT2D eigenvalue weighted by Crippen LogP contribution is 2.18. The van der Waals surface area contributed by atoms with Crippen LogP contribution in [0.1, 0.15) is 25.7 Å². The first-order valence-corrected chi connectivity index (χ1v) is 14.5. The Bertz CT molecular complexity index is 353. The fourth-order valence-corrected chi connectivity index (χ4v) is 2.59. The van der Waals surface area contributed by atoms with Gasteiger partial charge in [0.2, 0.25) is 0 Å². The molecule has 0 aromatic rings. The van der Waals surface area contributed by atoms with Gasteiger partial charge >= 0.3 is 0 Å². The van der Waals surface area contributed by atoms with Crippen LogP contribution in [0.3, 0.4) is 0 Å². The molecular weight excluding hydrogens is 280 g/mol. The third-order valence-electron chi connectivity index (χ3n) is 3.89. The van der Waals surface area contributed by atoms with E-state index in [-0.39, 0.29) is 0 Å². The Balaban J connectivity index is 2.98. The third-order valence-corrected chi connectivity index (χ3v) is 7.98. The lowest BCUT2D eigenvalue weighted by Crippen LogP contribution is -2.42. The summed E-state index contributed by atoms with van der Waals surface area (Å²) in [5.41, 5.74) is 2.43. The molecule has 1 aliphatic rings. The fraction of sp³-hybridized carbons (Fsp3) is 0.857. The predicted octanol–water partition coefficient (Wildman–Crippen LogP) is 3.81. The molecule has 0 aliphatic heterocycles. The van der Waals surface area contributed by atoms with Crippen molar-refractivity contribution in [2.75, 3.05) is 14.1 Å². The van der Waals surface area contributed by atoms with Crippen LogP contribution in [0.2, 0.25) is 39.3 Å². The largest absolute Gasteiger partial charge is 0.327 e. The minimum atomic E-state index is -1.36. The van der Waals surface area contributed by atoms with Gasteiger partial charge in [0.15, 0.2) is 16.5 Å². The first kappa shape index (κ1) is 17.4. The number of rotatable bonds is 4. The lowest BCUT2D eigenvalue weighted by atomic mass is 9.96. The SMILES string of the molecule is CN(/N=C1/CCCC/C1=N\N(C)[Si](C)(C)C)[Si](C)(C)C. The van der Waals surface area contributed by atoms with Gasteiger partial charge in [-0.15, -0.1) is 0 Å². The van der Waals surface area contributed by atoms with Crippen molar-refractivity contribution in [3.05, 3.63) is 0 Å². The molecule has 0 heterocycles. The molecule has 0 bridgehead atoms. The summed E-state index contributed by atoms with van der Waals surface area (Å²) in [6.07, 6.45) is 4.64. The average molecular weight is 313 g/mol. The molecule has 0 aromatic heterocycles. The monoisotopic (exact) mass is 312 g/mol. The molecule has 1 saturated carbocycles. The van der Waals surface area contributed by atoms with Gasteiger partial charge < -0.3 is 9.35 Å². The lowest BCUT2D eigenvalue weighted by Gasteiger charge is -2.31. The second kappa shape index (κ2) is 6.43. The second-order valence-electron chi connectivity index (χ2n) is 7.69. The summed E-state index contributed by atoms with van der Waals surface area (Å²) in [6, 6.07) is 0. The molecule has 1 fully saturated rings. The van der Waals surface area contributed by atoms with Crippen molar-refractivity contribution in [1.82, 2.24) is 9.35 Å². The predicted molar refractivity (Wildman–Crippen MR) is 95.6 cm³/mol. The lowest BCUT2D eigenvalue weighted by molar-refractivity contribution is 0.535. The quantitative estimate of drug-likeness (QED) is 0.584. The molecule has 0 amide bonds. The Morgan fingerprint density at radius 2 is 1.00 bits per heavy atom. The summed E-state index contributed by atoms with van der Waals surface area (Å²) in [6.45, 7) is 13.9. The van der Waals surface area contributed by atoms with Crippen molar-refractivity contribution in [3.8, 4) is 0 Å². The van der Waals surface area contributed by atoms with Crippen LogP contribution in [0.15, 0.2) is 10.2 Å². The van der Waals surface area contributed by atoms with Gasteiger partial charge in [0, 0.05) is 14.1 Å². The van der Waals surface area contributed by atoms with Gasteiger partial charge in [0.25, 0.3) is 0 Å². The summed E-state index contributed by atoms with van der Waals surface area (Å²) in [5, 5.41) is 9.79. The van der Waals surface area contributed by atoms with E-state index < -0.39 is 16.5 Å². The van der Waals surface area contributed by atoms with E-state index in [0.29, 0.717) is 0 Å². The molecule has 0 saturated heterocycles. The molecule has 4 nitrogen and oxygen atoms in total. The van der Waals surface area contributed by atoms with Crippen LogP contribution in [0, 0.1) is 0 Å². The third kappa shape index (κ3) is 5.05. The molecule has 1 rings (SSSR count). The standard InChI is InChI=1S/C14H32N4Si2/c1-17(19(3,4)5)15-13-11-9-10-12-14(13)16-18(2)20(6,7)8/h9-12H2,1-8H3/b15-13-,16-14+. The van der Waals surface area contributed by atoms with E-state index in [0.717, 1.165) is 12.8 Å². The molecule has 0 aromatic carbocycles. The average Bonchev–Trinajstić information content (AvgIpc) is 2.29. The van der Waals surface area contributed by atoms with Crippen molar-refractivity contribution >= 4 is 27.9 Å². The summed E-state index contributed by atoms with van der Waals surface area (Å²) in [7, 11) is 1.51. The molecule has 0 spiro atoms. The van der Waals surface area contributed by atoms with Crippen molar-refractivity contribution in [3.63, 3.8) is 0 Å². The van der Waals surface area contributed by atoms with Crippen LogP contribution in [-0.2, 0) is 0 Å². The van der Waals surface area contributed by atoms with E-state index in [2.05, 4.69) is 62.7 Å². The Hall–Kier alpha value is -0.626. The van der Waals surface area contributed by atoms with Crippen molar-refractivity contribution in [2.45, 2.75) is 65.0 Å². The van der Waals surface area contributed by atoms with E-state index in [4.69, 9.17) is 10.2 Å². The topological polar surface area (TPSA) is 31.2 Å². The minimum Gasteiger partial charge on any atom is -0.327 e. The summed E-state index contributed by atoms with van der Waals surface area (Å²) < 4.78 is 4.41. The summed E-state index contributed by atoms with van der Waals surface area (Å²) in [5.74, 6) is 0. The van der Waals surface area contributed by atoms with E-state index in [1.807, 2.05) is 0 Å². The summed E-state index contributed by atoms with van der Waals surface area (Å²) in [4.78, 5) is 0. The number of hydrogen-bond acceptors (Lipinski definition) is 4. The highest BCUT2D eigenvalue weighted by Gasteiger charge is 2.24. The Morgan fingerprint density at radius 1 is 0.700 bits per heavy atom. The van der Waals surface area contributed by atoms with Crippen molar-refractivity contribution in [2.24, 2.45) is 10.2 Å². The smallest absolute Gasteiger partial charge is 0.168 e. The van der Waals surface area contributed by atoms with Crippen LogP contribution >= 0.6 is 0 Å². The highest BCUT2D eigenvalue weighted by molar-refractivity contribution is 6.73. The summed E-state index contributed by atoms with van der Waals surface area (Å²) >= 11 is 0. The Labute approximate surface area is 127 Å². The van der Waals surface area contributed by atoms with Gasteiger partial charge in [-0.3, -0.25) is 0 Å². The molecule has 6 heteroatoms. The number of nitrogens with zero attached hydrogens (tertiary/aromatic N) is 4. The van der Waals surface area contributed by atoms with Crippen LogP contribution < -0.4 is 0 Å². The molecular formula is C14H32N4Si2. The van der Waals surface area contributed by atoms with Crippen molar-refractivity contribution in [1.29, 1.82) is 0 Å². The molecule has 0 unspecified atom stereocenters.